The first-order chi connectivity index (χ1) is 10.5. The molecule has 1 heterocycles. The first kappa shape index (κ1) is 16.1. The van der Waals surface area contributed by atoms with E-state index in [0.717, 1.165) is 5.56 Å². The molecule has 0 unspecified atom stereocenters. The van der Waals surface area contributed by atoms with Crippen molar-refractivity contribution in [3.05, 3.63) is 58.5 Å². The standard InChI is InChI=1S/C16H16ClNO4/c1-10(12-3-5-13(17)6-4-12)18-15(19)9-22-16(20)14-7-8-21-11(14)2/h3-8,10H,9H2,1-2H3,(H,18,19)/t10-/m0/s1. The minimum Gasteiger partial charge on any atom is -0.469 e. The summed E-state index contributed by atoms with van der Waals surface area (Å²) in [6.07, 6.45) is 1.40. The number of carbonyl (C=O) groups excluding carboxylic acids is 2. The largest absolute Gasteiger partial charge is 0.469 e. The summed E-state index contributed by atoms with van der Waals surface area (Å²) in [5.74, 6) is -0.502. The fourth-order valence-electron chi connectivity index (χ4n) is 1.92. The molecule has 0 aliphatic heterocycles. The minimum absolute atomic E-state index is 0.209. The maximum atomic E-state index is 11.8. The molecular formula is C16H16ClNO4. The predicted octanol–water partition coefficient (Wildman–Crippen LogP) is 3.28. The Bertz CT molecular complexity index is 663. The summed E-state index contributed by atoms with van der Waals surface area (Å²) in [5, 5.41) is 3.38. The third-order valence-electron chi connectivity index (χ3n) is 3.16. The first-order valence-corrected chi connectivity index (χ1v) is 7.11. The summed E-state index contributed by atoms with van der Waals surface area (Å²) in [7, 11) is 0. The number of hydrogen-bond acceptors (Lipinski definition) is 4. The molecule has 1 atom stereocenters. The molecule has 0 bridgehead atoms. The number of nitrogens with one attached hydrogen (secondary N) is 1. The van der Waals surface area contributed by atoms with Crippen LogP contribution in [0.4, 0.5) is 0 Å². The van der Waals surface area contributed by atoms with E-state index in [-0.39, 0.29) is 18.6 Å². The number of rotatable bonds is 5. The number of hydrogen-bond donors (Lipinski definition) is 1. The van der Waals surface area contributed by atoms with Crippen LogP contribution in [0.3, 0.4) is 0 Å². The molecule has 22 heavy (non-hydrogen) atoms. The number of esters is 1. The average Bonchev–Trinajstić information content (AvgIpc) is 2.91. The van der Waals surface area contributed by atoms with E-state index in [1.165, 1.54) is 12.3 Å². The second-order valence-corrected chi connectivity index (χ2v) is 5.24. The lowest BCUT2D eigenvalue weighted by Gasteiger charge is -2.14. The molecule has 5 nitrogen and oxygen atoms in total. The summed E-state index contributed by atoms with van der Waals surface area (Å²) in [5.41, 5.74) is 1.23. The number of halogens is 1. The monoisotopic (exact) mass is 321 g/mol. The zero-order chi connectivity index (χ0) is 16.1. The van der Waals surface area contributed by atoms with E-state index in [1.807, 2.05) is 19.1 Å². The van der Waals surface area contributed by atoms with Gasteiger partial charge in [0.15, 0.2) is 6.61 Å². The number of amides is 1. The SMILES string of the molecule is Cc1occc1C(=O)OCC(=O)N[C@@H](C)c1ccc(Cl)cc1. The van der Waals surface area contributed by atoms with Gasteiger partial charge in [-0.2, -0.15) is 0 Å². The highest BCUT2D eigenvalue weighted by molar-refractivity contribution is 6.30. The molecule has 6 heteroatoms. The van der Waals surface area contributed by atoms with Crippen molar-refractivity contribution in [1.29, 1.82) is 0 Å². The van der Waals surface area contributed by atoms with E-state index in [4.69, 9.17) is 20.8 Å². The molecule has 0 spiro atoms. The fourth-order valence-corrected chi connectivity index (χ4v) is 2.05. The first-order valence-electron chi connectivity index (χ1n) is 6.73. The van der Waals surface area contributed by atoms with Crippen LogP contribution in [0.15, 0.2) is 41.0 Å². The molecule has 0 saturated carbocycles. The number of benzene rings is 1. The van der Waals surface area contributed by atoms with Crippen molar-refractivity contribution in [2.45, 2.75) is 19.9 Å². The van der Waals surface area contributed by atoms with Gasteiger partial charge in [0.25, 0.3) is 5.91 Å². The van der Waals surface area contributed by atoms with Gasteiger partial charge in [-0.05, 0) is 37.6 Å². The summed E-state index contributed by atoms with van der Waals surface area (Å²) < 4.78 is 9.97. The van der Waals surface area contributed by atoms with Crippen molar-refractivity contribution < 1.29 is 18.7 Å². The minimum atomic E-state index is -0.583. The zero-order valence-electron chi connectivity index (χ0n) is 12.3. The van der Waals surface area contributed by atoms with E-state index in [0.29, 0.717) is 16.3 Å². The van der Waals surface area contributed by atoms with E-state index in [1.54, 1.807) is 19.1 Å². The Morgan fingerprint density at radius 1 is 1.27 bits per heavy atom. The Hall–Kier alpha value is -2.27. The topological polar surface area (TPSA) is 68.5 Å². The molecule has 116 valence electrons. The van der Waals surface area contributed by atoms with Crippen molar-refractivity contribution in [2.75, 3.05) is 6.61 Å². The van der Waals surface area contributed by atoms with Gasteiger partial charge in [-0.25, -0.2) is 4.79 Å². The summed E-state index contributed by atoms with van der Waals surface area (Å²) in [6.45, 7) is 3.14. The molecule has 1 aromatic carbocycles. The van der Waals surface area contributed by atoms with Crippen LogP contribution >= 0.6 is 11.6 Å². The lowest BCUT2D eigenvalue weighted by Crippen LogP contribution is -2.31. The second-order valence-electron chi connectivity index (χ2n) is 4.81. The van der Waals surface area contributed by atoms with Gasteiger partial charge in [-0.1, -0.05) is 23.7 Å². The van der Waals surface area contributed by atoms with E-state index >= 15 is 0 Å². The molecule has 2 aromatic rings. The average molecular weight is 322 g/mol. The van der Waals surface area contributed by atoms with Crippen LogP contribution in [-0.4, -0.2) is 18.5 Å². The van der Waals surface area contributed by atoms with Crippen LogP contribution in [0, 0.1) is 6.92 Å². The maximum Gasteiger partial charge on any atom is 0.342 e. The van der Waals surface area contributed by atoms with Gasteiger partial charge in [0, 0.05) is 5.02 Å². The smallest absolute Gasteiger partial charge is 0.342 e. The highest BCUT2D eigenvalue weighted by Gasteiger charge is 2.16. The van der Waals surface area contributed by atoms with Crippen LogP contribution in [0.25, 0.3) is 0 Å². The fraction of sp³-hybridized carbons (Fsp3) is 0.250. The van der Waals surface area contributed by atoms with E-state index in [2.05, 4.69) is 5.32 Å². The molecule has 1 N–H and O–H groups in total. The number of furan rings is 1. The molecule has 0 radical (unpaired) electrons. The van der Waals surface area contributed by atoms with Crippen LogP contribution in [0.1, 0.15) is 34.6 Å². The predicted molar refractivity (Wildman–Crippen MR) is 81.7 cm³/mol. The van der Waals surface area contributed by atoms with Crippen LogP contribution < -0.4 is 5.32 Å². The molecule has 0 fully saturated rings. The van der Waals surface area contributed by atoms with Gasteiger partial charge in [-0.15, -0.1) is 0 Å². The van der Waals surface area contributed by atoms with E-state index in [9.17, 15) is 9.59 Å². The van der Waals surface area contributed by atoms with Crippen molar-refractivity contribution in [2.24, 2.45) is 0 Å². The van der Waals surface area contributed by atoms with Crippen LogP contribution in [0.2, 0.25) is 5.02 Å². The Morgan fingerprint density at radius 3 is 2.55 bits per heavy atom. The van der Waals surface area contributed by atoms with Crippen molar-refractivity contribution >= 4 is 23.5 Å². The zero-order valence-corrected chi connectivity index (χ0v) is 13.0. The lowest BCUT2D eigenvalue weighted by atomic mass is 10.1. The summed E-state index contributed by atoms with van der Waals surface area (Å²) in [6, 6.07) is 8.45. The highest BCUT2D eigenvalue weighted by atomic mass is 35.5. The molecule has 0 aliphatic rings. The van der Waals surface area contributed by atoms with Crippen LogP contribution in [-0.2, 0) is 9.53 Å². The van der Waals surface area contributed by atoms with Gasteiger partial charge in [0.05, 0.1) is 12.3 Å². The van der Waals surface area contributed by atoms with Crippen molar-refractivity contribution in [3.63, 3.8) is 0 Å². The number of ether oxygens (including phenoxy) is 1. The lowest BCUT2D eigenvalue weighted by molar-refractivity contribution is -0.124. The van der Waals surface area contributed by atoms with Crippen molar-refractivity contribution in [3.8, 4) is 0 Å². The normalized spacial score (nSPS) is 11.8. The van der Waals surface area contributed by atoms with Gasteiger partial charge < -0.3 is 14.5 Å². The second kappa shape index (κ2) is 7.13. The maximum absolute atomic E-state index is 11.8. The van der Waals surface area contributed by atoms with E-state index < -0.39 is 5.97 Å². The molecular weight excluding hydrogens is 306 g/mol. The molecule has 2 rings (SSSR count). The van der Waals surface area contributed by atoms with Crippen molar-refractivity contribution in [1.82, 2.24) is 5.32 Å². The third kappa shape index (κ3) is 4.11. The quantitative estimate of drug-likeness (QED) is 0.858. The Labute approximate surface area is 133 Å². The Kier molecular flexibility index (Phi) is 5.22. The summed E-state index contributed by atoms with van der Waals surface area (Å²) >= 11 is 5.82. The summed E-state index contributed by atoms with van der Waals surface area (Å²) in [4.78, 5) is 23.6. The van der Waals surface area contributed by atoms with Gasteiger partial charge >= 0.3 is 5.97 Å². The van der Waals surface area contributed by atoms with Gasteiger partial charge in [-0.3, -0.25) is 4.79 Å². The Morgan fingerprint density at radius 2 is 1.95 bits per heavy atom. The van der Waals surface area contributed by atoms with Crippen LogP contribution in [0.5, 0.6) is 0 Å². The number of carbonyl (C=O) groups is 2. The van der Waals surface area contributed by atoms with Gasteiger partial charge in [0.1, 0.15) is 11.3 Å². The highest BCUT2D eigenvalue weighted by Crippen LogP contribution is 2.16. The number of aryl methyl sites for hydroxylation is 1. The third-order valence-corrected chi connectivity index (χ3v) is 3.41. The van der Waals surface area contributed by atoms with Gasteiger partial charge in [0.2, 0.25) is 0 Å². The molecule has 0 saturated heterocycles. The molecule has 0 aliphatic carbocycles. The molecule has 1 aromatic heterocycles. The Balaban J connectivity index is 1.84. The molecule has 1 amide bonds.